The quantitative estimate of drug-likeness (QED) is 0.653. The zero-order valence-electron chi connectivity index (χ0n) is 9.11. The van der Waals surface area contributed by atoms with Crippen LogP contribution in [-0.4, -0.2) is 34.1 Å². The average Bonchev–Trinajstić information content (AvgIpc) is 2.61. The van der Waals surface area contributed by atoms with Crippen molar-refractivity contribution in [2.75, 3.05) is 6.54 Å². The van der Waals surface area contributed by atoms with E-state index >= 15 is 0 Å². The average molecular weight is 209 g/mol. The lowest BCUT2D eigenvalue weighted by Gasteiger charge is -2.51. The third-order valence-corrected chi connectivity index (χ3v) is 4.79. The lowest BCUT2D eigenvalue weighted by Crippen LogP contribution is -2.61. The molecule has 1 aliphatic carbocycles. The predicted octanol–water partition coefficient (Wildman–Crippen LogP) is 1.30. The Labute approximate surface area is 90.5 Å². The van der Waals surface area contributed by atoms with Gasteiger partial charge in [-0.2, -0.15) is 0 Å². The highest BCUT2D eigenvalue weighted by molar-refractivity contribution is 5.78. The molecule has 0 radical (unpaired) electrons. The van der Waals surface area contributed by atoms with E-state index in [-0.39, 0.29) is 17.6 Å². The number of carbonyl (C=O) groups excluding carboxylic acids is 1. The largest absolute Gasteiger partial charge is 0.391 e. The molecule has 3 nitrogen and oxygen atoms in total. The van der Waals surface area contributed by atoms with Gasteiger partial charge >= 0.3 is 0 Å². The second-order valence-corrected chi connectivity index (χ2v) is 5.32. The standard InChI is InChI=1S/C12H19NO2/c14-10-4-1-3-9-6-8-13-11(15)5-2-7-12(9,10)13/h9-10,14H,1-8H2/t9-,10-,12+/m0/s1. The normalized spacial score (nSPS) is 45.1. The van der Waals surface area contributed by atoms with Crippen LogP contribution in [0.4, 0.5) is 0 Å². The molecule has 3 heteroatoms. The van der Waals surface area contributed by atoms with Crippen LogP contribution >= 0.6 is 0 Å². The molecule has 0 unspecified atom stereocenters. The number of nitrogens with zero attached hydrogens (tertiary/aromatic N) is 1. The first-order chi connectivity index (χ1) is 7.25. The maximum Gasteiger partial charge on any atom is 0.223 e. The minimum atomic E-state index is -0.261. The predicted molar refractivity (Wildman–Crippen MR) is 56.3 cm³/mol. The van der Waals surface area contributed by atoms with Crippen molar-refractivity contribution in [1.29, 1.82) is 0 Å². The second-order valence-electron chi connectivity index (χ2n) is 5.32. The molecule has 1 amide bonds. The van der Waals surface area contributed by atoms with Gasteiger partial charge in [-0.25, -0.2) is 0 Å². The van der Waals surface area contributed by atoms with Gasteiger partial charge in [-0.05, 0) is 38.0 Å². The lowest BCUT2D eigenvalue weighted by molar-refractivity contribution is -0.151. The van der Waals surface area contributed by atoms with Gasteiger partial charge in [-0.1, -0.05) is 6.42 Å². The summed E-state index contributed by atoms with van der Waals surface area (Å²) in [4.78, 5) is 13.9. The number of piperidine rings is 1. The Morgan fingerprint density at radius 3 is 3.00 bits per heavy atom. The van der Waals surface area contributed by atoms with E-state index < -0.39 is 0 Å². The molecule has 0 aromatic carbocycles. The molecule has 2 saturated heterocycles. The van der Waals surface area contributed by atoms with Crippen molar-refractivity contribution in [3.05, 3.63) is 0 Å². The monoisotopic (exact) mass is 209 g/mol. The van der Waals surface area contributed by atoms with E-state index in [1.54, 1.807) is 0 Å². The van der Waals surface area contributed by atoms with Gasteiger partial charge in [-0.15, -0.1) is 0 Å². The summed E-state index contributed by atoms with van der Waals surface area (Å²) >= 11 is 0. The third-order valence-electron chi connectivity index (χ3n) is 4.79. The third kappa shape index (κ3) is 1.13. The van der Waals surface area contributed by atoms with E-state index in [0.29, 0.717) is 12.3 Å². The minimum absolute atomic E-state index is 0.145. The van der Waals surface area contributed by atoms with Crippen molar-refractivity contribution < 1.29 is 9.90 Å². The minimum Gasteiger partial charge on any atom is -0.391 e. The Morgan fingerprint density at radius 2 is 2.13 bits per heavy atom. The Kier molecular flexibility index (Phi) is 2.06. The van der Waals surface area contributed by atoms with Gasteiger partial charge < -0.3 is 10.0 Å². The summed E-state index contributed by atoms with van der Waals surface area (Å²) in [6.45, 7) is 0.889. The molecule has 1 spiro atoms. The number of carbonyl (C=O) groups is 1. The highest BCUT2D eigenvalue weighted by atomic mass is 16.3. The Balaban J connectivity index is 1.99. The summed E-state index contributed by atoms with van der Waals surface area (Å²) in [6, 6.07) is 0. The zero-order chi connectivity index (χ0) is 10.5. The van der Waals surface area contributed by atoms with E-state index in [1.165, 1.54) is 6.42 Å². The molecule has 2 heterocycles. The van der Waals surface area contributed by atoms with E-state index in [1.807, 2.05) is 4.90 Å². The maximum absolute atomic E-state index is 11.9. The zero-order valence-corrected chi connectivity index (χ0v) is 9.11. The molecule has 3 fully saturated rings. The summed E-state index contributed by atoms with van der Waals surface area (Å²) < 4.78 is 0. The van der Waals surface area contributed by atoms with Crippen molar-refractivity contribution in [3.63, 3.8) is 0 Å². The molecular formula is C12H19NO2. The molecule has 1 saturated carbocycles. The lowest BCUT2D eigenvalue weighted by atomic mass is 9.67. The van der Waals surface area contributed by atoms with Gasteiger partial charge in [0, 0.05) is 13.0 Å². The smallest absolute Gasteiger partial charge is 0.223 e. The van der Waals surface area contributed by atoms with Crippen LogP contribution in [0.2, 0.25) is 0 Å². The Bertz CT molecular complexity index is 291. The molecule has 2 aliphatic heterocycles. The number of aliphatic hydroxyl groups is 1. The van der Waals surface area contributed by atoms with Crippen molar-refractivity contribution in [3.8, 4) is 0 Å². The number of hydrogen-bond acceptors (Lipinski definition) is 2. The van der Waals surface area contributed by atoms with Crippen molar-refractivity contribution >= 4 is 5.91 Å². The fourth-order valence-corrected chi connectivity index (χ4v) is 4.14. The number of rotatable bonds is 0. The van der Waals surface area contributed by atoms with E-state index in [0.717, 1.165) is 38.6 Å². The van der Waals surface area contributed by atoms with E-state index in [2.05, 4.69) is 0 Å². The summed E-state index contributed by atoms with van der Waals surface area (Å²) in [5.74, 6) is 0.857. The van der Waals surface area contributed by atoms with Gasteiger partial charge in [0.25, 0.3) is 0 Å². The SMILES string of the molecule is O=C1CCC[C@@]23[C@@H](CCC[C@@H]2O)CCN13. The summed E-state index contributed by atoms with van der Waals surface area (Å²) in [5, 5.41) is 10.3. The number of aliphatic hydroxyl groups excluding tert-OH is 1. The van der Waals surface area contributed by atoms with Crippen molar-refractivity contribution in [2.24, 2.45) is 5.92 Å². The highest BCUT2D eigenvalue weighted by Crippen LogP contribution is 2.50. The molecule has 0 bridgehead atoms. The molecule has 1 N–H and O–H groups in total. The van der Waals surface area contributed by atoms with Crippen LogP contribution in [0, 0.1) is 5.92 Å². The highest BCUT2D eigenvalue weighted by Gasteiger charge is 2.57. The Morgan fingerprint density at radius 1 is 1.27 bits per heavy atom. The van der Waals surface area contributed by atoms with Crippen LogP contribution in [0.3, 0.4) is 0 Å². The molecule has 84 valence electrons. The molecule has 15 heavy (non-hydrogen) atoms. The van der Waals surface area contributed by atoms with Gasteiger partial charge in [0.2, 0.25) is 5.91 Å². The van der Waals surface area contributed by atoms with Crippen LogP contribution in [0.5, 0.6) is 0 Å². The maximum atomic E-state index is 11.9. The van der Waals surface area contributed by atoms with Crippen LogP contribution in [-0.2, 0) is 4.79 Å². The van der Waals surface area contributed by atoms with Crippen molar-refractivity contribution in [2.45, 2.75) is 56.6 Å². The summed E-state index contributed by atoms with van der Waals surface area (Å²) in [7, 11) is 0. The van der Waals surface area contributed by atoms with Gasteiger partial charge in [0.1, 0.15) is 0 Å². The van der Waals surface area contributed by atoms with Crippen LogP contribution in [0.15, 0.2) is 0 Å². The molecule has 3 rings (SSSR count). The Hall–Kier alpha value is -0.570. The summed E-state index contributed by atoms with van der Waals surface area (Å²) in [6.07, 6.45) is 6.79. The first kappa shape index (κ1) is 9.64. The van der Waals surface area contributed by atoms with Gasteiger partial charge in [-0.3, -0.25) is 4.79 Å². The van der Waals surface area contributed by atoms with Gasteiger partial charge in [0.05, 0.1) is 11.6 Å². The van der Waals surface area contributed by atoms with Crippen LogP contribution < -0.4 is 0 Å². The first-order valence-electron chi connectivity index (χ1n) is 6.23. The topological polar surface area (TPSA) is 40.5 Å². The summed E-state index contributed by atoms with van der Waals surface area (Å²) in [5.41, 5.74) is -0.145. The van der Waals surface area contributed by atoms with E-state index in [9.17, 15) is 9.90 Å². The fraction of sp³-hybridized carbons (Fsp3) is 0.917. The molecule has 0 aromatic heterocycles. The van der Waals surface area contributed by atoms with Crippen molar-refractivity contribution in [1.82, 2.24) is 4.90 Å². The molecule has 3 atom stereocenters. The number of amides is 1. The van der Waals surface area contributed by atoms with Crippen LogP contribution in [0.25, 0.3) is 0 Å². The van der Waals surface area contributed by atoms with Crippen LogP contribution in [0.1, 0.15) is 44.9 Å². The number of hydrogen-bond donors (Lipinski definition) is 1. The first-order valence-corrected chi connectivity index (χ1v) is 6.23. The molecule has 0 aromatic rings. The molecule has 3 aliphatic rings. The van der Waals surface area contributed by atoms with Gasteiger partial charge in [0.15, 0.2) is 0 Å². The van der Waals surface area contributed by atoms with E-state index in [4.69, 9.17) is 0 Å². The molecular weight excluding hydrogens is 190 g/mol. The second kappa shape index (κ2) is 3.21. The fourth-order valence-electron chi connectivity index (χ4n) is 4.14.